The van der Waals surface area contributed by atoms with Gasteiger partial charge in [0.25, 0.3) is 0 Å². The van der Waals surface area contributed by atoms with E-state index in [4.69, 9.17) is 4.42 Å². The molecular weight excluding hydrogens is 467 g/mol. The van der Waals surface area contributed by atoms with Crippen molar-refractivity contribution in [2.75, 3.05) is 26.7 Å². The molecule has 1 saturated heterocycles. The number of benzene rings is 1. The average Bonchev–Trinajstić information content (AvgIpc) is 3.21. The number of aliphatic hydroxyl groups is 1. The van der Waals surface area contributed by atoms with Crippen LogP contribution in [0.2, 0.25) is 0 Å². The molecule has 154 valence electrons. The largest absolute Gasteiger partial charge is 0.469 e. The van der Waals surface area contributed by atoms with Gasteiger partial charge in [0, 0.05) is 46.2 Å². The lowest BCUT2D eigenvalue weighted by molar-refractivity contribution is 0.0792. The molecule has 0 amide bonds. The normalized spacial score (nSPS) is 15.9. The molecule has 0 bridgehead atoms. The number of furan rings is 1. The lowest BCUT2D eigenvalue weighted by Crippen LogP contribution is -2.37. The van der Waals surface area contributed by atoms with Crippen LogP contribution in [-0.2, 0) is 19.5 Å². The maximum Gasteiger partial charge on any atom is 0.191 e. The minimum atomic E-state index is -0.114. The van der Waals surface area contributed by atoms with E-state index in [1.807, 2.05) is 12.1 Å². The zero-order chi connectivity index (χ0) is 18.9. The van der Waals surface area contributed by atoms with Crippen molar-refractivity contribution in [3.63, 3.8) is 0 Å². The molecule has 1 aliphatic heterocycles. The summed E-state index contributed by atoms with van der Waals surface area (Å²) in [6.07, 6.45) is 4.18. The van der Waals surface area contributed by atoms with Gasteiger partial charge in [-0.25, -0.2) is 0 Å². The van der Waals surface area contributed by atoms with E-state index < -0.39 is 0 Å². The second kappa shape index (κ2) is 12.1. The van der Waals surface area contributed by atoms with Gasteiger partial charge in [-0.2, -0.15) is 0 Å². The third-order valence-electron chi connectivity index (χ3n) is 4.91. The van der Waals surface area contributed by atoms with Crippen LogP contribution < -0.4 is 10.6 Å². The number of aliphatic hydroxyl groups excluding tert-OH is 1. The van der Waals surface area contributed by atoms with Gasteiger partial charge in [0.15, 0.2) is 5.96 Å². The smallest absolute Gasteiger partial charge is 0.191 e. The SMILES string of the molecule is CN=C(NCCc1ccco1)NCc1ccc(CN2CCC(O)CC2)cc1.I. The van der Waals surface area contributed by atoms with Crippen LogP contribution in [0.5, 0.6) is 0 Å². The number of nitrogens with one attached hydrogen (secondary N) is 2. The molecule has 0 radical (unpaired) electrons. The Labute approximate surface area is 184 Å². The zero-order valence-corrected chi connectivity index (χ0v) is 18.8. The predicted octanol–water partition coefficient (Wildman–Crippen LogP) is 2.76. The number of piperidine rings is 1. The summed E-state index contributed by atoms with van der Waals surface area (Å²) < 4.78 is 5.33. The van der Waals surface area contributed by atoms with Crippen molar-refractivity contribution in [1.29, 1.82) is 0 Å². The second-order valence-corrected chi connectivity index (χ2v) is 7.01. The van der Waals surface area contributed by atoms with Crippen molar-refractivity contribution in [2.24, 2.45) is 4.99 Å². The minimum Gasteiger partial charge on any atom is -0.469 e. The van der Waals surface area contributed by atoms with E-state index in [0.717, 1.165) is 63.7 Å². The van der Waals surface area contributed by atoms with Crippen molar-refractivity contribution in [1.82, 2.24) is 15.5 Å². The molecule has 3 rings (SSSR count). The van der Waals surface area contributed by atoms with Crippen LogP contribution in [-0.4, -0.2) is 48.8 Å². The number of nitrogens with zero attached hydrogens (tertiary/aromatic N) is 2. The summed E-state index contributed by atoms with van der Waals surface area (Å²) in [7, 11) is 1.78. The third-order valence-corrected chi connectivity index (χ3v) is 4.91. The molecule has 0 atom stereocenters. The summed E-state index contributed by atoms with van der Waals surface area (Å²) in [6.45, 7) is 4.42. The van der Waals surface area contributed by atoms with Crippen molar-refractivity contribution in [3.8, 4) is 0 Å². The summed E-state index contributed by atoms with van der Waals surface area (Å²) in [6, 6.07) is 12.6. The quantitative estimate of drug-likeness (QED) is 0.311. The Morgan fingerprint density at radius 1 is 1.14 bits per heavy atom. The van der Waals surface area contributed by atoms with Crippen molar-refractivity contribution < 1.29 is 9.52 Å². The Hall–Kier alpha value is -1.58. The summed E-state index contributed by atoms with van der Waals surface area (Å²) in [5, 5.41) is 16.2. The number of likely N-dealkylation sites (tertiary alicyclic amines) is 1. The van der Waals surface area contributed by atoms with Crippen LogP contribution in [0.15, 0.2) is 52.1 Å². The van der Waals surface area contributed by atoms with Gasteiger partial charge in [0.1, 0.15) is 5.76 Å². The zero-order valence-electron chi connectivity index (χ0n) is 16.4. The van der Waals surface area contributed by atoms with Crippen molar-refractivity contribution in [3.05, 3.63) is 59.5 Å². The summed E-state index contributed by atoms with van der Waals surface area (Å²) >= 11 is 0. The fourth-order valence-electron chi connectivity index (χ4n) is 3.26. The first-order valence-corrected chi connectivity index (χ1v) is 9.68. The van der Waals surface area contributed by atoms with Crippen molar-refractivity contribution >= 4 is 29.9 Å². The number of aliphatic imine (C=N–C) groups is 1. The summed E-state index contributed by atoms with van der Waals surface area (Å²) in [5.41, 5.74) is 2.54. The molecule has 1 fully saturated rings. The first-order chi connectivity index (χ1) is 13.2. The predicted molar refractivity (Wildman–Crippen MR) is 123 cm³/mol. The van der Waals surface area contributed by atoms with E-state index in [1.54, 1.807) is 13.3 Å². The number of hydrogen-bond donors (Lipinski definition) is 3. The molecule has 0 spiro atoms. The molecule has 3 N–H and O–H groups in total. The van der Waals surface area contributed by atoms with Crippen LogP contribution in [0.4, 0.5) is 0 Å². The Morgan fingerprint density at radius 2 is 1.86 bits per heavy atom. The van der Waals surface area contributed by atoms with E-state index in [0.29, 0.717) is 0 Å². The van der Waals surface area contributed by atoms with Crippen LogP contribution in [0.1, 0.15) is 29.7 Å². The summed E-state index contributed by atoms with van der Waals surface area (Å²) in [5.74, 6) is 1.76. The molecular formula is C21H31IN4O2. The molecule has 0 unspecified atom stereocenters. The van der Waals surface area contributed by atoms with Crippen molar-refractivity contribution in [2.45, 2.75) is 38.5 Å². The van der Waals surface area contributed by atoms with Gasteiger partial charge in [-0.1, -0.05) is 24.3 Å². The van der Waals surface area contributed by atoms with Gasteiger partial charge in [0.05, 0.1) is 12.4 Å². The van der Waals surface area contributed by atoms with E-state index in [1.165, 1.54) is 11.1 Å². The highest BCUT2D eigenvalue weighted by Crippen LogP contribution is 2.14. The average molecular weight is 498 g/mol. The van der Waals surface area contributed by atoms with Gasteiger partial charge in [0.2, 0.25) is 0 Å². The molecule has 6 nitrogen and oxygen atoms in total. The van der Waals surface area contributed by atoms with Gasteiger partial charge in [-0.15, -0.1) is 24.0 Å². The highest BCUT2D eigenvalue weighted by Gasteiger charge is 2.16. The minimum absolute atomic E-state index is 0. The summed E-state index contributed by atoms with van der Waals surface area (Å²) in [4.78, 5) is 6.67. The molecule has 1 aliphatic rings. The van der Waals surface area contributed by atoms with E-state index in [-0.39, 0.29) is 30.1 Å². The van der Waals surface area contributed by atoms with Crippen LogP contribution in [0, 0.1) is 0 Å². The number of hydrogen-bond acceptors (Lipinski definition) is 4. The Balaban J connectivity index is 0.00000280. The molecule has 2 aromatic rings. The Morgan fingerprint density at radius 3 is 2.50 bits per heavy atom. The van der Waals surface area contributed by atoms with Crippen LogP contribution in [0.3, 0.4) is 0 Å². The van der Waals surface area contributed by atoms with Gasteiger partial charge >= 0.3 is 0 Å². The van der Waals surface area contributed by atoms with Crippen LogP contribution in [0.25, 0.3) is 0 Å². The van der Waals surface area contributed by atoms with Gasteiger partial charge < -0.3 is 20.2 Å². The van der Waals surface area contributed by atoms with Gasteiger partial charge in [-0.05, 0) is 36.1 Å². The molecule has 0 aliphatic carbocycles. The third kappa shape index (κ3) is 7.44. The van der Waals surface area contributed by atoms with Gasteiger partial charge in [-0.3, -0.25) is 9.89 Å². The molecule has 7 heteroatoms. The van der Waals surface area contributed by atoms with E-state index in [9.17, 15) is 5.11 Å². The number of halogens is 1. The first-order valence-electron chi connectivity index (χ1n) is 9.68. The second-order valence-electron chi connectivity index (χ2n) is 7.01. The maximum absolute atomic E-state index is 9.60. The highest BCUT2D eigenvalue weighted by molar-refractivity contribution is 14.0. The molecule has 1 aromatic heterocycles. The lowest BCUT2D eigenvalue weighted by atomic mass is 10.1. The lowest BCUT2D eigenvalue weighted by Gasteiger charge is -2.29. The Kier molecular flexibility index (Phi) is 9.80. The highest BCUT2D eigenvalue weighted by atomic mass is 127. The van der Waals surface area contributed by atoms with Crippen LogP contribution >= 0.6 is 24.0 Å². The molecule has 1 aromatic carbocycles. The molecule has 0 saturated carbocycles. The fourth-order valence-corrected chi connectivity index (χ4v) is 3.26. The molecule has 28 heavy (non-hydrogen) atoms. The van der Waals surface area contributed by atoms with E-state index >= 15 is 0 Å². The fraction of sp³-hybridized carbons (Fsp3) is 0.476. The standard InChI is InChI=1S/C21H30N4O2.HI/c1-22-21(23-11-8-20-3-2-14-27-20)24-15-17-4-6-18(7-5-17)16-25-12-9-19(26)10-13-25;/h2-7,14,19,26H,8-13,15-16H2,1H3,(H2,22,23,24);1H. The number of rotatable bonds is 7. The Bertz CT molecular complexity index is 696. The first kappa shape index (κ1) is 22.7. The maximum atomic E-state index is 9.60. The molecule has 2 heterocycles. The van der Waals surface area contributed by atoms with E-state index in [2.05, 4.69) is 44.8 Å². The number of guanidine groups is 1. The topological polar surface area (TPSA) is 73.0 Å². The monoisotopic (exact) mass is 498 g/mol.